The summed E-state index contributed by atoms with van der Waals surface area (Å²) in [6, 6.07) is 3.22. The fraction of sp³-hybridized carbons (Fsp3) is 0.167. The van der Waals surface area contributed by atoms with E-state index in [1.165, 1.54) is 30.9 Å². The van der Waals surface area contributed by atoms with Crippen LogP contribution < -0.4 is 5.73 Å². The van der Waals surface area contributed by atoms with E-state index in [4.69, 9.17) is 5.73 Å². The van der Waals surface area contributed by atoms with Crippen LogP contribution in [-0.4, -0.2) is 9.97 Å². The van der Waals surface area contributed by atoms with Crippen molar-refractivity contribution in [2.75, 3.05) is 0 Å². The summed E-state index contributed by atoms with van der Waals surface area (Å²) in [6.07, 6.45) is 4.41. The topological polar surface area (TPSA) is 51.8 Å². The molecule has 1 atom stereocenters. The Labute approximate surface area is 97.3 Å². The van der Waals surface area contributed by atoms with E-state index in [2.05, 4.69) is 9.97 Å². The highest BCUT2D eigenvalue weighted by molar-refractivity contribution is 5.34. The molecule has 0 radical (unpaired) electrons. The summed E-state index contributed by atoms with van der Waals surface area (Å²) in [6.45, 7) is 1.65. The van der Waals surface area contributed by atoms with Crippen LogP contribution in [0.3, 0.4) is 0 Å². The van der Waals surface area contributed by atoms with Crippen molar-refractivity contribution in [1.82, 2.24) is 9.97 Å². The van der Waals surface area contributed by atoms with Gasteiger partial charge in [0.05, 0.1) is 5.54 Å². The lowest BCUT2D eigenvalue weighted by atomic mass is 9.87. The second-order valence-corrected chi connectivity index (χ2v) is 3.99. The number of nitrogens with zero attached hydrogens (tertiary/aromatic N) is 2. The molecule has 0 bridgehead atoms. The van der Waals surface area contributed by atoms with E-state index in [0.29, 0.717) is 11.1 Å². The van der Waals surface area contributed by atoms with Crippen LogP contribution in [0.5, 0.6) is 0 Å². The van der Waals surface area contributed by atoms with E-state index < -0.39 is 17.2 Å². The molecule has 2 N–H and O–H groups in total. The third-order valence-electron chi connectivity index (χ3n) is 2.62. The molecule has 0 saturated carbocycles. The minimum Gasteiger partial charge on any atom is -0.318 e. The lowest BCUT2D eigenvalue weighted by Crippen LogP contribution is -2.34. The summed E-state index contributed by atoms with van der Waals surface area (Å²) in [5.41, 5.74) is 5.97. The Kier molecular flexibility index (Phi) is 2.85. The normalized spacial score (nSPS) is 14.4. The molecule has 0 saturated heterocycles. The molecular formula is C12H11F2N3. The molecule has 0 aliphatic heterocycles. The van der Waals surface area contributed by atoms with E-state index in [-0.39, 0.29) is 0 Å². The molecule has 3 nitrogen and oxygen atoms in total. The lowest BCUT2D eigenvalue weighted by Gasteiger charge is -2.25. The van der Waals surface area contributed by atoms with Crippen LogP contribution in [-0.2, 0) is 5.54 Å². The summed E-state index contributed by atoms with van der Waals surface area (Å²) in [5, 5.41) is 0. The standard InChI is InChI=1S/C12H11F2N3/c1-12(15,9-5-16-7-17-6-9)8-2-10(13)4-11(14)3-8/h2-7H,15H2,1H3. The summed E-state index contributed by atoms with van der Waals surface area (Å²) >= 11 is 0. The van der Waals surface area contributed by atoms with Gasteiger partial charge in [0, 0.05) is 24.0 Å². The molecular weight excluding hydrogens is 224 g/mol. The predicted molar refractivity (Wildman–Crippen MR) is 59.0 cm³/mol. The van der Waals surface area contributed by atoms with Crippen LogP contribution in [0.2, 0.25) is 0 Å². The highest BCUT2D eigenvalue weighted by Gasteiger charge is 2.25. The Hall–Kier alpha value is -1.88. The molecule has 0 fully saturated rings. The van der Waals surface area contributed by atoms with Crippen LogP contribution in [0, 0.1) is 11.6 Å². The fourth-order valence-corrected chi connectivity index (χ4v) is 1.59. The third kappa shape index (κ3) is 2.29. The minimum absolute atomic E-state index is 0.338. The summed E-state index contributed by atoms with van der Waals surface area (Å²) in [4.78, 5) is 7.69. The van der Waals surface area contributed by atoms with Gasteiger partial charge in [-0.3, -0.25) is 0 Å². The second kappa shape index (κ2) is 4.18. The van der Waals surface area contributed by atoms with Crippen molar-refractivity contribution < 1.29 is 8.78 Å². The summed E-state index contributed by atoms with van der Waals surface area (Å²) in [5.74, 6) is -1.32. The molecule has 2 rings (SSSR count). The Balaban J connectivity index is 2.51. The van der Waals surface area contributed by atoms with Crippen LogP contribution in [0.25, 0.3) is 0 Å². The molecule has 5 heteroatoms. The van der Waals surface area contributed by atoms with Gasteiger partial charge in [-0.15, -0.1) is 0 Å². The molecule has 0 spiro atoms. The molecule has 1 aromatic carbocycles. The monoisotopic (exact) mass is 235 g/mol. The molecule has 1 aromatic heterocycles. The van der Waals surface area contributed by atoms with Crippen molar-refractivity contribution in [1.29, 1.82) is 0 Å². The highest BCUT2D eigenvalue weighted by atomic mass is 19.1. The van der Waals surface area contributed by atoms with Crippen molar-refractivity contribution in [3.63, 3.8) is 0 Å². The SMILES string of the molecule is CC(N)(c1cncnc1)c1cc(F)cc(F)c1. The molecule has 1 heterocycles. The van der Waals surface area contributed by atoms with Crippen molar-refractivity contribution in [2.24, 2.45) is 5.73 Å². The van der Waals surface area contributed by atoms with Crippen LogP contribution in [0.15, 0.2) is 36.9 Å². The van der Waals surface area contributed by atoms with Crippen molar-refractivity contribution in [3.05, 3.63) is 59.7 Å². The summed E-state index contributed by atoms with van der Waals surface area (Å²) in [7, 11) is 0. The minimum atomic E-state index is -1.04. The van der Waals surface area contributed by atoms with Gasteiger partial charge in [-0.05, 0) is 24.6 Å². The smallest absolute Gasteiger partial charge is 0.126 e. The maximum atomic E-state index is 13.1. The number of benzene rings is 1. The molecule has 0 aliphatic rings. The van der Waals surface area contributed by atoms with Gasteiger partial charge in [0.1, 0.15) is 18.0 Å². The quantitative estimate of drug-likeness (QED) is 0.865. The average Bonchev–Trinajstić information content (AvgIpc) is 2.29. The first-order chi connectivity index (χ1) is 8.00. The molecule has 0 amide bonds. The Morgan fingerprint density at radius 2 is 1.53 bits per heavy atom. The first kappa shape index (κ1) is 11.6. The molecule has 0 aliphatic carbocycles. The maximum absolute atomic E-state index is 13.1. The number of nitrogens with two attached hydrogens (primary N) is 1. The van der Waals surface area contributed by atoms with Gasteiger partial charge in [-0.2, -0.15) is 0 Å². The second-order valence-electron chi connectivity index (χ2n) is 3.99. The van der Waals surface area contributed by atoms with Gasteiger partial charge in [-0.25, -0.2) is 18.7 Å². The van der Waals surface area contributed by atoms with Gasteiger partial charge >= 0.3 is 0 Å². The molecule has 88 valence electrons. The van der Waals surface area contributed by atoms with Gasteiger partial charge in [0.25, 0.3) is 0 Å². The molecule has 1 unspecified atom stereocenters. The Bertz CT molecular complexity index is 506. The van der Waals surface area contributed by atoms with E-state index in [9.17, 15) is 8.78 Å². The zero-order valence-corrected chi connectivity index (χ0v) is 9.19. The van der Waals surface area contributed by atoms with Crippen LogP contribution >= 0.6 is 0 Å². The van der Waals surface area contributed by atoms with Gasteiger partial charge in [-0.1, -0.05) is 0 Å². The molecule has 2 aromatic rings. The van der Waals surface area contributed by atoms with Crippen molar-refractivity contribution in [3.8, 4) is 0 Å². The van der Waals surface area contributed by atoms with Crippen LogP contribution in [0.1, 0.15) is 18.1 Å². The average molecular weight is 235 g/mol. The Morgan fingerprint density at radius 1 is 1.00 bits per heavy atom. The third-order valence-corrected chi connectivity index (χ3v) is 2.62. The predicted octanol–water partition coefficient (Wildman–Crippen LogP) is 1.98. The number of aromatic nitrogens is 2. The zero-order valence-electron chi connectivity index (χ0n) is 9.19. The zero-order chi connectivity index (χ0) is 12.5. The number of hydrogen-bond donors (Lipinski definition) is 1. The number of rotatable bonds is 2. The van der Waals surface area contributed by atoms with Crippen LogP contribution in [0.4, 0.5) is 8.78 Å². The maximum Gasteiger partial charge on any atom is 0.126 e. The van der Waals surface area contributed by atoms with Crippen molar-refractivity contribution >= 4 is 0 Å². The Morgan fingerprint density at radius 3 is 2.06 bits per heavy atom. The number of halogens is 2. The van der Waals surface area contributed by atoms with E-state index in [0.717, 1.165) is 6.07 Å². The largest absolute Gasteiger partial charge is 0.318 e. The van der Waals surface area contributed by atoms with Gasteiger partial charge < -0.3 is 5.73 Å². The fourth-order valence-electron chi connectivity index (χ4n) is 1.59. The van der Waals surface area contributed by atoms with E-state index in [1.807, 2.05) is 0 Å². The molecule has 17 heavy (non-hydrogen) atoms. The van der Waals surface area contributed by atoms with Gasteiger partial charge in [0.15, 0.2) is 0 Å². The van der Waals surface area contributed by atoms with E-state index in [1.54, 1.807) is 6.92 Å². The summed E-state index contributed by atoms with van der Waals surface area (Å²) < 4.78 is 26.3. The van der Waals surface area contributed by atoms with Gasteiger partial charge in [0.2, 0.25) is 0 Å². The lowest BCUT2D eigenvalue weighted by molar-refractivity contribution is 0.548. The first-order valence-corrected chi connectivity index (χ1v) is 5.01. The highest BCUT2D eigenvalue weighted by Crippen LogP contribution is 2.26. The number of hydrogen-bond acceptors (Lipinski definition) is 3. The first-order valence-electron chi connectivity index (χ1n) is 5.01. The van der Waals surface area contributed by atoms with Crippen molar-refractivity contribution in [2.45, 2.75) is 12.5 Å². The van der Waals surface area contributed by atoms with E-state index >= 15 is 0 Å².